The van der Waals surface area contributed by atoms with Gasteiger partial charge in [0.2, 0.25) is 0 Å². The molecule has 0 aromatic heterocycles. The third kappa shape index (κ3) is 22.8. The van der Waals surface area contributed by atoms with Crippen molar-refractivity contribution in [2.75, 3.05) is 57.1 Å². The number of carbonyl (C=O) groups excluding carboxylic acids is 2. The van der Waals surface area contributed by atoms with Crippen LogP contribution in [0.1, 0.15) is 171 Å². The summed E-state index contributed by atoms with van der Waals surface area (Å²) in [6.45, 7) is 22.8. The molecule has 2 unspecified atom stereocenters. The van der Waals surface area contributed by atoms with E-state index in [1.54, 1.807) is 7.05 Å². The third-order valence-corrected chi connectivity index (χ3v) is 11.1. The van der Waals surface area contributed by atoms with E-state index in [2.05, 4.69) is 70.9 Å². The molecular weight excluding hydrogens is 679 g/mol. The molecule has 54 heavy (non-hydrogen) atoms. The molecule has 1 aromatic rings. The van der Waals surface area contributed by atoms with Crippen LogP contribution in [0.25, 0.3) is 0 Å². The zero-order valence-corrected chi connectivity index (χ0v) is 36.3. The van der Waals surface area contributed by atoms with E-state index in [-0.39, 0.29) is 11.9 Å². The Morgan fingerprint density at radius 3 is 1.33 bits per heavy atom. The Morgan fingerprint density at radius 1 is 0.537 bits per heavy atom. The fraction of sp³-hybridized carbons (Fsp3) is 0.867. The number of ether oxygens (including phenoxy) is 2. The number of hydrogen-bond acceptors (Lipinski definition) is 9. The molecule has 0 spiro atoms. The van der Waals surface area contributed by atoms with Gasteiger partial charge in [-0.15, -0.1) is 0 Å². The van der Waals surface area contributed by atoms with Crippen molar-refractivity contribution in [3.63, 3.8) is 0 Å². The highest BCUT2D eigenvalue weighted by molar-refractivity contribution is 5.73. The highest BCUT2D eigenvalue weighted by Gasteiger charge is 2.20. The average molecular weight is 762 g/mol. The smallest absolute Gasteiger partial charge is 0.305 e. The lowest BCUT2D eigenvalue weighted by Crippen LogP contribution is -2.37. The van der Waals surface area contributed by atoms with Gasteiger partial charge >= 0.3 is 11.9 Å². The number of rotatable bonds is 35. The maximum atomic E-state index is 12.4. The molecule has 0 aliphatic rings. The van der Waals surface area contributed by atoms with Gasteiger partial charge in [0.1, 0.15) is 11.4 Å². The standard InChI is InChI=1S/C45H83N3O6/c1-34(2)24-26-38(36(5)6)32-53-40(49)22-16-12-10-14-19-29-48(31-21-18-28-47-43-42(46-9)44(51)45(43)52)30-20-15-11-13-17-23-41(50)54-33-39(37(7)8)27-25-35(3)4/h34-39,46-47H,10-33H2,1-9H3. The maximum absolute atomic E-state index is 12.4. The summed E-state index contributed by atoms with van der Waals surface area (Å²) >= 11 is 0. The first kappa shape index (κ1) is 49.6. The van der Waals surface area contributed by atoms with Gasteiger partial charge in [0.15, 0.2) is 0 Å². The quantitative estimate of drug-likeness (QED) is 0.0396. The normalized spacial score (nSPS) is 13.1. The Hall–Kier alpha value is -2.42. The minimum Gasteiger partial charge on any atom is -0.465 e. The van der Waals surface area contributed by atoms with E-state index < -0.39 is 10.9 Å². The Kier molecular flexibility index (Phi) is 27.4. The summed E-state index contributed by atoms with van der Waals surface area (Å²) in [4.78, 5) is 50.9. The van der Waals surface area contributed by atoms with Crippen molar-refractivity contribution in [2.45, 2.75) is 171 Å². The molecule has 0 aliphatic heterocycles. The third-order valence-electron chi connectivity index (χ3n) is 11.1. The van der Waals surface area contributed by atoms with Crippen LogP contribution in [0.2, 0.25) is 0 Å². The topological polar surface area (TPSA) is 114 Å². The number of unbranched alkanes of at least 4 members (excludes halogenated alkanes) is 9. The number of anilines is 2. The van der Waals surface area contributed by atoms with Gasteiger partial charge in [-0.3, -0.25) is 19.2 Å². The molecule has 1 aromatic carbocycles. The molecule has 2 N–H and O–H groups in total. The second-order valence-corrected chi connectivity index (χ2v) is 17.5. The molecule has 0 heterocycles. The van der Waals surface area contributed by atoms with Gasteiger partial charge in [0.05, 0.1) is 13.2 Å². The fourth-order valence-electron chi connectivity index (χ4n) is 6.94. The molecule has 0 fully saturated rings. The average Bonchev–Trinajstić information content (AvgIpc) is 3.11. The van der Waals surface area contributed by atoms with E-state index in [0.29, 0.717) is 79.5 Å². The van der Waals surface area contributed by atoms with Crippen molar-refractivity contribution in [2.24, 2.45) is 35.5 Å². The minimum absolute atomic E-state index is 0.0511. The summed E-state index contributed by atoms with van der Waals surface area (Å²) in [6.07, 6.45) is 18.3. The van der Waals surface area contributed by atoms with Gasteiger partial charge in [-0.05, 0) is 107 Å². The summed E-state index contributed by atoms with van der Waals surface area (Å²) < 4.78 is 11.3. The second kappa shape index (κ2) is 29.8. The van der Waals surface area contributed by atoms with Crippen LogP contribution in [0.4, 0.5) is 11.4 Å². The Bertz CT molecular complexity index is 1130. The predicted octanol–water partition coefficient (Wildman–Crippen LogP) is 10.0. The van der Waals surface area contributed by atoms with Gasteiger partial charge in [-0.1, -0.05) is 107 Å². The minimum atomic E-state index is -0.439. The lowest BCUT2D eigenvalue weighted by molar-refractivity contribution is -0.146. The first-order chi connectivity index (χ1) is 25.8. The molecule has 2 atom stereocenters. The van der Waals surface area contributed by atoms with E-state index in [1.807, 2.05) is 0 Å². The number of nitrogens with zero attached hydrogens (tertiary/aromatic N) is 1. The molecule has 314 valence electrons. The van der Waals surface area contributed by atoms with Gasteiger partial charge in [0.25, 0.3) is 10.9 Å². The second-order valence-electron chi connectivity index (χ2n) is 17.5. The lowest BCUT2D eigenvalue weighted by atomic mass is 9.89. The van der Waals surface area contributed by atoms with Crippen molar-refractivity contribution in [3.05, 3.63) is 20.4 Å². The fourth-order valence-corrected chi connectivity index (χ4v) is 6.94. The predicted molar refractivity (Wildman–Crippen MR) is 227 cm³/mol. The zero-order chi connectivity index (χ0) is 40.3. The molecule has 9 nitrogen and oxygen atoms in total. The largest absolute Gasteiger partial charge is 0.465 e. The summed E-state index contributed by atoms with van der Waals surface area (Å²) in [5, 5.41) is 5.97. The maximum Gasteiger partial charge on any atom is 0.305 e. The van der Waals surface area contributed by atoms with Crippen LogP contribution in [0.3, 0.4) is 0 Å². The van der Waals surface area contributed by atoms with E-state index in [1.165, 1.54) is 12.8 Å². The van der Waals surface area contributed by atoms with Crippen LogP contribution in [0.15, 0.2) is 9.59 Å². The summed E-state index contributed by atoms with van der Waals surface area (Å²) in [5.41, 5.74) is -0.0538. The Labute approximate surface area is 330 Å². The van der Waals surface area contributed by atoms with Gasteiger partial charge in [-0.2, -0.15) is 0 Å². The molecule has 0 aliphatic carbocycles. The van der Waals surface area contributed by atoms with Crippen molar-refractivity contribution < 1.29 is 19.1 Å². The first-order valence-corrected chi connectivity index (χ1v) is 22.0. The summed E-state index contributed by atoms with van der Waals surface area (Å²) in [5.74, 6) is 3.18. The molecule has 0 amide bonds. The van der Waals surface area contributed by atoms with Gasteiger partial charge < -0.3 is 25.0 Å². The highest BCUT2D eigenvalue weighted by atomic mass is 16.5. The number of nitrogens with one attached hydrogen (secondary N) is 2. The highest BCUT2D eigenvalue weighted by Crippen LogP contribution is 2.22. The van der Waals surface area contributed by atoms with Crippen LogP contribution in [-0.2, 0) is 19.1 Å². The van der Waals surface area contributed by atoms with E-state index in [9.17, 15) is 19.2 Å². The number of esters is 2. The van der Waals surface area contributed by atoms with Crippen LogP contribution in [0, 0.1) is 35.5 Å². The summed E-state index contributed by atoms with van der Waals surface area (Å²) in [7, 11) is 1.66. The van der Waals surface area contributed by atoms with Gasteiger partial charge in [-0.25, -0.2) is 0 Å². The Balaban J connectivity index is 2.36. The van der Waals surface area contributed by atoms with Crippen molar-refractivity contribution in [1.82, 2.24) is 4.90 Å². The number of hydrogen-bond donors (Lipinski definition) is 2. The monoisotopic (exact) mass is 762 g/mol. The van der Waals surface area contributed by atoms with Crippen molar-refractivity contribution in [1.29, 1.82) is 0 Å². The first-order valence-electron chi connectivity index (χ1n) is 22.0. The van der Waals surface area contributed by atoms with Crippen molar-refractivity contribution >= 4 is 23.3 Å². The SMILES string of the molecule is CNc1c(NCCCCN(CCCCCCCC(=O)OCC(CCC(C)C)C(C)C)CCCCCCCC(=O)OCC(CCC(C)C)C(C)C)c(=O)c1=O. The molecule has 1 rings (SSSR count). The van der Waals surface area contributed by atoms with Gasteiger partial charge in [0, 0.05) is 26.4 Å². The van der Waals surface area contributed by atoms with E-state index in [0.717, 1.165) is 110 Å². The van der Waals surface area contributed by atoms with Crippen LogP contribution in [-0.4, -0.2) is 63.3 Å². The number of carbonyl (C=O) groups is 2. The molecule has 0 radical (unpaired) electrons. The lowest BCUT2D eigenvalue weighted by Gasteiger charge is -2.22. The van der Waals surface area contributed by atoms with E-state index >= 15 is 0 Å². The molecule has 9 heteroatoms. The van der Waals surface area contributed by atoms with E-state index in [4.69, 9.17) is 9.47 Å². The van der Waals surface area contributed by atoms with Crippen LogP contribution in [0.5, 0.6) is 0 Å². The molecular formula is C45H83N3O6. The Morgan fingerprint density at radius 2 is 0.926 bits per heavy atom. The molecule has 0 bridgehead atoms. The van der Waals surface area contributed by atoms with Crippen molar-refractivity contribution in [3.8, 4) is 0 Å². The molecule has 0 saturated heterocycles. The molecule has 0 saturated carbocycles. The zero-order valence-electron chi connectivity index (χ0n) is 36.3. The van der Waals surface area contributed by atoms with Crippen LogP contribution >= 0.6 is 0 Å². The summed E-state index contributed by atoms with van der Waals surface area (Å²) in [6, 6.07) is 0. The van der Waals surface area contributed by atoms with Crippen LogP contribution < -0.4 is 21.5 Å².